The van der Waals surface area contributed by atoms with Crippen molar-refractivity contribution in [1.82, 2.24) is 15.1 Å². The van der Waals surface area contributed by atoms with E-state index in [1.165, 1.54) is 0 Å². The van der Waals surface area contributed by atoms with Gasteiger partial charge in [0.25, 0.3) is 0 Å². The maximum Gasteiger partial charge on any atom is 0.239 e. The van der Waals surface area contributed by atoms with E-state index in [0.717, 1.165) is 0 Å². The second-order valence-corrected chi connectivity index (χ2v) is 5.51. The number of carbonyl (C=O) groups excluding carboxylic acids is 2. The Kier molecular flexibility index (Phi) is 7.55. The average Bonchev–Trinajstić information content (AvgIpc) is 2.45. The van der Waals surface area contributed by atoms with Gasteiger partial charge in [-0.3, -0.25) is 14.5 Å². The third kappa shape index (κ3) is 5.94. The summed E-state index contributed by atoms with van der Waals surface area (Å²) >= 11 is 4.80. The molecule has 1 aliphatic rings. The molecule has 3 N–H and O–H groups in total. The lowest BCUT2D eigenvalue weighted by Gasteiger charge is -2.34. The van der Waals surface area contributed by atoms with Gasteiger partial charge in [-0.05, 0) is 6.92 Å². The molecule has 7 nitrogen and oxygen atoms in total. The van der Waals surface area contributed by atoms with Crippen LogP contribution < -0.4 is 11.1 Å². The molecule has 1 aliphatic heterocycles. The molecule has 1 unspecified atom stereocenters. The molecule has 0 bridgehead atoms. The molecule has 0 radical (unpaired) electrons. The van der Waals surface area contributed by atoms with Crippen molar-refractivity contribution in [2.24, 2.45) is 5.73 Å². The van der Waals surface area contributed by atoms with E-state index in [9.17, 15) is 9.59 Å². The van der Waals surface area contributed by atoms with Crippen LogP contribution in [0.4, 0.5) is 0 Å². The first-order valence-electron chi connectivity index (χ1n) is 7.07. The minimum Gasteiger partial charge on any atom is -0.393 e. The van der Waals surface area contributed by atoms with Crippen molar-refractivity contribution in [2.75, 3.05) is 46.4 Å². The fourth-order valence-electron chi connectivity index (χ4n) is 2.06. The van der Waals surface area contributed by atoms with E-state index >= 15 is 0 Å². The molecule has 0 aromatic rings. The van der Waals surface area contributed by atoms with Gasteiger partial charge in [-0.25, -0.2) is 0 Å². The van der Waals surface area contributed by atoms with Crippen molar-refractivity contribution in [3.05, 3.63) is 0 Å². The number of rotatable bonds is 7. The lowest BCUT2D eigenvalue weighted by molar-refractivity contribution is -0.138. The predicted molar refractivity (Wildman–Crippen MR) is 83.9 cm³/mol. The number of hydrogen-bond acceptors (Lipinski definition) is 5. The highest BCUT2D eigenvalue weighted by Crippen LogP contribution is 2.08. The van der Waals surface area contributed by atoms with E-state index < -0.39 is 6.04 Å². The molecular weight excluding hydrogens is 292 g/mol. The number of ether oxygens (including phenoxy) is 1. The lowest BCUT2D eigenvalue weighted by atomic mass is 10.2. The molecule has 2 amide bonds. The van der Waals surface area contributed by atoms with Gasteiger partial charge < -0.3 is 20.7 Å². The van der Waals surface area contributed by atoms with Gasteiger partial charge in [-0.15, -0.1) is 0 Å². The summed E-state index contributed by atoms with van der Waals surface area (Å²) in [5, 5.41) is 2.77. The summed E-state index contributed by atoms with van der Waals surface area (Å²) in [6.07, 6.45) is 0.500. The summed E-state index contributed by atoms with van der Waals surface area (Å²) < 4.78 is 5.34. The largest absolute Gasteiger partial charge is 0.393 e. The van der Waals surface area contributed by atoms with E-state index in [1.807, 2.05) is 11.8 Å². The summed E-state index contributed by atoms with van der Waals surface area (Å²) in [4.78, 5) is 28.0. The molecule has 1 rings (SSSR count). The van der Waals surface area contributed by atoms with Crippen LogP contribution >= 0.6 is 12.2 Å². The zero-order valence-corrected chi connectivity index (χ0v) is 13.4. The average molecular weight is 316 g/mol. The summed E-state index contributed by atoms with van der Waals surface area (Å²) in [7, 11) is 1.71. The Bertz CT molecular complexity index is 392. The number of carbonyl (C=O) groups is 2. The van der Waals surface area contributed by atoms with Gasteiger partial charge in [0.2, 0.25) is 11.8 Å². The Morgan fingerprint density at radius 3 is 2.86 bits per heavy atom. The summed E-state index contributed by atoms with van der Waals surface area (Å²) in [5.41, 5.74) is 5.43. The Morgan fingerprint density at radius 1 is 1.52 bits per heavy atom. The topological polar surface area (TPSA) is 87.9 Å². The number of morpholine rings is 1. The van der Waals surface area contributed by atoms with Crippen LogP contribution in [-0.4, -0.2) is 79.1 Å². The monoisotopic (exact) mass is 316 g/mol. The van der Waals surface area contributed by atoms with Gasteiger partial charge in [0, 0.05) is 33.1 Å². The molecule has 1 heterocycles. The first-order valence-corrected chi connectivity index (χ1v) is 7.48. The number of nitrogens with zero attached hydrogens (tertiary/aromatic N) is 2. The highest BCUT2D eigenvalue weighted by molar-refractivity contribution is 7.80. The van der Waals surface area contributed by atoms with E-state index in [4.69, 9.17) is 22.7 Å². The number of hydrogen-bond donors (Lipinski definition) is 2. The minimum absolute atomic E-state index is 0.0533. The molecule has 0 spiro atoms. The zero-order valence-electron chi connectivity index (χ0n) is 12.6. The first kappa shape index (κ1) is 17.8. The summed E-state index contributed by atoms with van der Waals surface area (Å²) in [5.74, 6) is -0.154. The van der Waals surface area contributed by atoms with Crippen molar-refractivity contribution < 1.29 is 14.3 Å². The van der Waals surface area contributed by atoms with E-state index in [1.54, 1.807) is 11.9 Å². The third-order valence-corrected chi connectivity index (χ3v) is 3.55. The molecule has 8 heteroatoms. The van der Waals surface area contributed by atoms with Gasteiger partial charge in [-0.1, -0.05) is 12.2 Å². The quantitative estimate of drug-likeness (QED) is 0.583. The van der Waals surface area contributed by atoms with Crippen molar-refractivity contribution in [3.8, 4) is 0 Å². The standard InChI is InChI=1S/C13H24N4O3S/c1-3-15-13(19)10-9-20-7-6-17(10)8-12(18)16(2)5-4-11(14)21/h10H,3-9H2,1-2H3,(H2,14,21)(H,15,19). The molecule has 1 atom stereocenters. The van der Waals surface area contributed by atoms with Crippen LogP contribution in [0.3, 0.4) is 0 Å². The predicted octanol–water partition coefficient (Wildman–Crippen LogP) is -1.04. The van der Waals surface area contributed by atoms with Crippen molar-refractivity contribution >= 4 is 29.0 Å². The smallest absolute Gasteiger partial charge is 0.239 e. The molecule has 0 aliphatic carbocycles. The molecule has 0 aromatic carbocycles. The van der Waals surface area contributed by atoms with Crippen LogP contribution in [0.1, 0.15) is 13.3 Å². The van der Waals surface area contributed by atoms with Crippen LogP contribution in [0.15, 0.2) is 0 Å². The number of thiocarbonyl (C=S) groups is 1. The summed E-state index contributed by atoms with van der Waals surface area (Å²) in [6, 6.07) is -0.411. The maximum absolute atomic E-state index is 12.2. The van der Waals surface area contributed by atoms with Gasteiger partial charge in [0.15, 0.2) is 0 Å². The van der Waals surface area contributed by atoms with E-state index in [0.29, 0.717) is 44.3 Å². The number of likely N-dealkylation sites (N-methyl/N-ethyl adjacent to an activating group) is 2. The normalized spacial score (nSPS) is 19.0. The SMILES string of the molecule is CCNC(=O)C1COCCN1CC(=O)N(C)CCC(N)=S. The fourth-order valence-corrected chi connectivity index (χ4v) is 2.15. The van der Waals surface area contributed by atoms with Gasteiger partial charge >= 0.3 is 0 Å². The second-order valence-electron chi connectivity index (χ2n) is 4.99. The molecule has 1 saturated heterocycles. The van der Waals surface area contributed by atoms with Crippen LogP contribution in [-0.2, 0) is 14.3 Å². The highest BCUT2D eigenvalue weighted by Gasteiger charge is 2.30. The second kappa shape index (κ2) is 8.91. The van der Waals surface area contributed by atoms with Gasteiger partial charge in [0.1, 0.15) is 6.04 Å². The lowest BCUT2D eigenvalue weighted by Crippen LogP contribution is -2.56. The Morgan fingerprint density at radius 2 is 2.24 bits per heavy atom. The van der Waals surface area contributed by atoms with E-state index in [-0.39, 0.29) is 18.4 Å². The van der Waals surface area contributed by atoms with Crippen molar-refractivity contribution in [1.29, 1.82) is 0 Å². The van der Waals surface area contributed by atoms with Gasteiger partial charge in [-0.2, -0.15) is 0 Å². The Hall–Kier alpha value is -1.25. The minimum atomic E-state index is -0.411. The van der Waals surface area contributed by atoms with Gasteiger partial charge in [0.05, 0.1) is 24.7 Å². The van der Waals surface area contributed by atoms with Crippen molar-refractivity contribution in [3.63, 3.8) is 0 Å². The zero-order chi connectivity index (χ0) is 15.8. The fraction of sp³-hybridized carbons (Fsp3) is 0.769. The van der Waals surface area contributed by atoms with Crippen LogP contribution in [0.25, 0.3) is 0 Å². The summed E-state index contributed by atoms with van der Waals surface area (Å²) in [6.45, 7) is 4.51. The number of amides is 2. The molecule has 0 saturated carbocycles. The Balaban J connectivity index is 2.54. The van der Waals surface area contributed by atoms with Crippen LogP contribution in [0.5, 0.6) is 0 Å². The van der Waals surface area contributed by atoms with Crippen LogP contribution in [0, 0.1) is 0 Å². The highest BCUT2D eigenvalue weighted by atomic mass is 32.1. The van der Waals surface area contributed by atoms with Crippen LogP contribution in [0.2, 0.25) is 0 Å². The molecule has 120 valence electrons. The number of nitrogens with one attached hydrogen (secondary N) is 1. The first-order chi connectivity index (χ1) is 9.95. The third-order valence-electron chi connectivity index (χ3n) is 3.35. The maximum atomic E-state index is 12.2. The van der Waals surface area contributed by atoms with Crippen molar-refractivity contribution in [2.45, 2.75) is 19.4 Å². The Labute approximate surface area is 130 Å². The molecule has 21 heavy (non-hydrogen) atoms. The molecule has 1 fully saturated rings. The van der Waals surface area contributed by atoms with E-state index in [2.05, 4.69) is 5.32 Å². The molecular formula is C13H24N4O3S. The molecule has 0 aromatic heterocycles. The number of nitrogens with two attached hydrogens (primary N) is 1.